The van der Waals surface area contributed by atoms with E-state index in [1.165, 1.54) is 7.11 Å². The Morgan fingerprint density at radius 3 is 2.17 bits per heavy atom. The van der Waals surface area contributed by atoms with E-state index in [4.69, 9.17) is 9.47 Å². The van der Waals surface area contributed by atoms with Crippen LogP contribution in [0.3, 0.4) is 0 Å². The number of benzene rings is 1. The first kappa shape index (κ1) is 24.5. The third-order valence-corrected chi connectivity index (χ3v) is 4.21. The van der Waals surface area contributed by atoms with Gasteiger partial charge in [0.1, 0.15) is 11.8 Å². The van der Waals surface area contributed by atoms with Gasteiger partial charge in [-0.25, -0.2) is 4.79 Å². The van der Waals surface area contributed by atoms with Gasteiger partial charge in [-0.3, -0.25) is 9.59 Å². The fourth-order valence-corrected chi connectivity index (χ4v) is 2.85. The number of esters is 1. The van der Waals surface area contributed by atoms with Crippen LogP contribution >= 0.6 is 0 Å². The Balaban J connectivity index is 2.47. The van der Waals surface area contributed by atoms with Gasteiger partial charge in [0, 0.05) is 18.5 Å². The quantitative estimate of drug-likeness (QED) is 0.518. The smallest absolute Gasteiger partial charge is 0.328 e. The summed E-state index contributed by atoms with van der Waals surface area (Å²) in [7, 11) is 1.30. The molecular formula is C22H34N2O5. The predicted octanol–water partition coefficient (Wildman–Crippen LogP) is 3.53. The molecule has 2 unspecified atom stereocenters. The first-order valence-corrected chi connectivity index (χ1v) is 10.1. The molecule has 7 heteroatoms. The molecule has 0 spiro atoms. The molecule has 1 rings (SSSR count). The van der Waals surface area contributed by atoms with Crippen LogP contribution in [-0.2, 0) is 19.1 Å². The number of carbonyl (C=O) groups excluding carboxylic acids is 3. The van der Waals surface area contributed by atoms with Crippen molar-refractivity contribution in [3.63, 3.8) is 0 Å². The Hall–Kier alpha value is -2.57. The minimum atomic E-state index is -0.665. The number of hydrogen-bond acceptors (Lipinski definition) is 5. The summed E-state index contributed by atoms with van der Waals surface area (Å²) in [6, 6.07) is 6.52. The van der Waals surface area contributed by atoms with Gasteiger partial charge in [0.05, 0.1) is 13.7 Å². The lowest BCUT2D eigenvalue weighted by molar-refractivity contribution is -0.145. The van der Waals surface area contributed by atoms with E-state index in [2.05, 4.69) is 10.6 Å². The summed E-state index contributed by atoms with van der Waals surface area (Å²) in [6.45, 7) is 8.46. The van der Waals surface area contributed by atoms with Crippen molar-refractivity contribution in [2.45, 2.75) is 59.4 Å². The van der Waals surface area contributed by atoms with E-state index in [-0.39, 0.29) is 36.5 Å². The zero-order valence-corrected chi connectivity index (χ0v) is 18.1. The highest BCUT2D eigenvalue weighted by Gasteiger charge is 2.23. The molecule has 0 aliphatic carbocycles. The third kappa shape index (κ3) is 9.96. The molecule has 0 aromatic heterocycles. The molecule has 0 radical (unpaired) electrons. The van der Waals surface area contributed by atoms with Gasteiger partial charge < -0.3 is 20.1 Å². The molecule has 2 atom stereocenters. The molecule has 0 saturated heterocycles. The first-order chi connectivity index (χ1) is 13.7. The van der Waals surface area contributed by atoms with Gasteiger partial charge in [-0.05, 0) is 48.9 Å². The number of ether oxygens (including phenoxy) is 2. The van der Waals surface area contributed by atoms with Crippen molar-refractivity contribution < 1.29 is 23.9 Å². The van der Waals surface area contributed by atoms with Gasteiger partial charge in [-0.1, -0.05) is 27.7 Å². The van der Waals surface area contributed by atoms with Crippen LogP contribution in [0.25, 0.3) is 0 Å². The zero-order valence-electron chi connectivity index (χ0n) is 18.1. The second kappa shape index (κ2) is 12.8. The maximum absolute atomic E-state index is 12.3. The SMILES string of the molecule is CCCOc1ccc(NC(=O)CC(C)CC(=O)NC(CC(C)C)C(=O)OC)cc1. The van der Waals surface area contributed by atoms with Gasteiger partial charge in [0.25, 0.3) is 0 Å². The molecule has 2 amide bonds. The average molecular weight is 407 g/mol. The molecule has 0 fully saturated rings. The van der Waals surface area contributed by atoms with Gasteiger partial charge >= 0.3 is 5.97 Å². The summed E-state index contributed by atoms with van der Waals surface area (Å²) in [5.41, 5.74) is 0.679. The van der Waals surface area contributed by atoms with Crippen molar-refractivity contribution in [3.8, 4) is 5.75 Å². The molecule has 162 valence electrons. The normalized spacial score (nSPS) is 12.8. The highest BCUT2D eigenvalue weighted by atomic mass is 16.5. The number of hydrogen-bond donors (Lipinski definition) is 2. The monoisotopic (exact) mass is 406 g/mol. The second-order valence-corrected chi connectivity index (χ2v) is 7.71. The molecule has 0 heterocycles. The van der Waals surface area contributed by atoms with Crippen LogP contribution in [0.1, 0.15) is 53.4 Å². The van der Waals surface area contributed by atoms with Crippen molar-refractivity contribution >= 4 is 23.5 Å². The van der Waals surface area contributed by atoms with Gasteiger partial charge in [0.15, 0.2) is 0 Å². The predicted molar refractivity (Wildman–Crippen MR) is 113 cm³/mol. The summed E-state index contributed by atoms with van der Waals surface area (Å²) in [6.07, 6.45) is 1.80. The van der Waals surface area contributed by atoms with Crippen LogP contribution in [0.5, 0.6) is 5.75 Å². The Morgan fingerprint density at radius 1 is 1.00 bits per heavy atom. The number of carbonyl (C=O) groups is 3. The van der Waals surface area contributed by atoms with Gasteiger partial charge in [0.2, 0.25) is 11.8 Å². The number of methoxy groups -OCH3 is 1. The maximum atomic E-state index is 12.3. The van der Waals surface area contributed by atoms with E-state index in [0.29, 0.717) is 18.7 Å². The number of rotatable bonds is 12. The highest BCUT2D eigenvalue weighted by molar-refractivity contribution is 5.91. The number of amides is 2. The van der Waals surface area contributed by atoms with E-state index >= 15 is 0 Å². The molecule has 0 saturated carbocycles. The van der Waals surface area contributed by atoms with Crippen molar-refractivity contribution in [1.82, 2.24) is 5.32 Å². The number of anilines is 1. The lowest BCUT2D eigenvalue weighted by atomic mass is 10.0. The third-order valence-electron chi connectivity index (χ3n) is 4.21. The fraction of sp³-hybridized carbons (Fsp3) is 0.591. The molecular weight excluding hydrogens is 372 g/mol. The lowest BCUT2D eigenvalue weighted by Crippen LogP contribution is -2.42. The van der Waals surface area contributed by atoms with E-state index in [1.54, 1.807) is 12.1 Å². The van der Waals surface area contributed by atoms with Crippen molar-refractivity contribution in [3.05, 3.63) is 24.3 Å². The first-order valence-electron chi connectivity index (χ1n) is 10.1. The molecule has 0 bridgehead atoms. The van der Waals surface area contributed by atoms with Crippen LogP contribution in [0.15, 0.2) is 24.3 Å². The molecule has 1 aromatic carbocycles. The fourth-order valence-electron chi connectivity index (χ4n) is 2.85. The Labute approximate surface area is 173 Å². The van der Waals surface area contributed by atoms with E-state index in [1.807, 2.05) is 39.8 Å². The molecule has 1 aromatic rings. The van der Waals surface area contributed by atoms with Crippen LogP contribution in [0, 0.1) is 11.8 Å². The minimum absolute atomic E-state index is 0.156. The lowest BCUT2D eigenvalue weighted by Gasteiger charge is -2.19. The molecule has 0 aliphatic rings. The summed E-state index contributed by atoms with van der Waals surface area (Å²) in [5.74, 6) is -0.0564. The maximum Gasteiger partial charge on any atom is 0.328 e. The van der Waals surface area contributed by atoms with E-state index in [0.717, 1.165) is 12.2 Å². The van der Waals surface area contributed by atoms with Crippen LogP contribution in [0.4, 0.5) is 5.69 Å². The van der Waals surface area contributed by atoms with Crippen molar-refractivity contribution in [2.75, 3.05) is 19.0 Å². The summed E-state index contributed by atoms with van der Waals surface area (Å²) < 4.78 is 10.3. The highest BCUT2D eigenvalue weighted by Crippen LogP contribution is 2.17. The summed E-state index contributed by atoms with van der Waals surface area (Å²) in [5, 5.41) is 5.54. The molecule has 29 heavy (non-hydrogen) atoms. The Kier molecular flexibility index (Phi) is 10.8. The topological polar surface area (TPSA) is 93.7 Å². The van der Waals surface area contributed by atoms with Crippen LogP contribution < -0.4 is 15.4 Å². The molecule has 2 N–H and O–H groups in total. The van der Waals surface area contributed by atoms with E-state index < -0.39 is 12.0 Å². The van der Waals surface area contributed by atoms with Crippen molar-refractivity contribution in [2.24, 2.45) is 11.8 Å². The standard InChI is InChI=1S/C22H34N2O5/c1-6-11-29-18-9-7-17(8-10-18)23-20(25)13-16(4)14-21(26)24-19(12-15(2)3)22(27)28-5/h7-10,15-16,19H,6,11-14H2,1-5H3,(H,23,25)(H,24,26). The molecule has 0 aliphatic heterocycles. The van der Waals surface area contributed by atoms with E-state index in [9.17, 15) is 14.4 Å². The van der Waals surface area contributed by atoms with Crippen LogP contribution in [-0.4, -0.2) is 37.5 Å². The zero-order chi connectivity index (χ0) is 21.8. The summed E-state index contributed by atoms with van der Waals surface area (Å²) in [4.78, 5) is 36.3. The molecule has 7 nitrogen and oxygen atoms in total. The second-order valence-electron chi connectivity index (χ2n) is 7.71. The summed E-state index contributed by atoms with van der Waals surface area (Å²) >= 11 is 0. The largest absolute Gasteiger partial charge is 0.494 e. The van der Waals surface area contributed by atoms with Crippen molar-refractivity contribution in [1.29, 1.82) is 0 Å². The Bertz CT molecular complexity index is 658. The average Bonchev–Trinajstić information content (AvgIpc) is 2.65. The minimum Gasteiger partial charge on any atom is -0.494 e. The Morgan fingerprint density at radius 2 is 1.62 bits per heavy atom. The van der Waals surface area contributed by atoms with Crippen LogP contribution in [0.2, 0.25) is 0 Å². The number of nitrogens with one attached hydrogen (secondary N) is 2. The van der Waals surface area contributed by atoms with Gasteiger partial charge in [-0.15, -0.1) is 0 Å². The van der Waals surface area contributed by atoms with Gasteiger partial charge in [-0.2, -0.15) is 0 Å².